The van der Waals surface area contributed by atoms with E-state index in [4.69, 9.17) is 9.63 Å². The van der Waals surface area contributed by atoms with Gasteiger partial charge in [-0.05, 0) is 0 Å². The maximum atomic E-state index is 10.7. The molecule has 1 saturated heterocycles. The molecule has 0 spiro atoms. The first kappa shape index (κ1) is 12.0. The fraction of sp³-hybridized carbons (Fsp3) is 0.700. The molecule has 7 nitrogen and oxygen atoms in total. The summed E-state index contributed by atoms with van der Waals surface area (Å²) in [6.07, 6.45) is 0.768. The predicted molar refractivity (Wildman–Crippen MR) is 58.6 cm³/mol. The fourth-order valence-electron chi connectivity index (χ4n) is 1.91. The van der Waals surface area contributed by atoms with Crippen LogP contribution in [0.5, 0.6) is 0 Å². The molecule has 0 bridgehead atoms. The van der Waals surface area contributed by atoms with Gasteiger partial charge in [0, 0.05) is 33.0 Å². The van der Waals surface area contributed by atoms with E-state index in [0.29, 0.717) is 37.8 Å². The second kappa shape index (κ2) is 4.80. The number of rotatable bonds is 6. The molecule has 1 aliphatic heterocycles. The van der Waals surface area contributed by atoms with Crippen molar-refractivity contribution in [2.75, 3.05) is 19.6 Å². The van der Waals surface area contributed by atoms with Crippen LogP contribution in [-0.2, 0) is 11.2 Å². The minimum absolute atomic E-state index is 0.130. The Bertz CT molecular complexity index is 400. The molecule has 3 N–H and O–H groups in total. The van der Waals surface area contributed by atoms with Crippen LogP contribution in [0.3, 0.4) is 0 Å². The summed E-state index contributed by atoms with van der Waals surface area (Å²) in [5, 5.41) is 18.9. The minimum atomic E-state index is -0.783. The first-order valence-electron chi connectivity index (χ1n) is 5.56. The van der Waals surface area contributed by atoms with Crippen LogP contribution in [0.4, 0.5) is 0 Å². The zero-order chi connectivity index (χ0) is 12.3. The summed E-state index contributed by atoms with van der Waals surface area (Å²) >= 11 is 0. The second-order valence-electron chi connectivity index (χ2n) is 4.36. The zero-order valence-electron chi connectivity index (χ0n) is 9.69. The normalized spacial score (nSPS) is 17.7. The van der Waals surface area contributed by atoms with Crippen molar-refractivity contribution in [2.24, 2.45) is 0 Å². The van der Waals surface area contributed by atoms with Gasteiger partial charge >= 0.3 is 5.97 Å². The average Bonchev–Trinajstić information content (AvgIpc) is 2.60. The van der Waals surface area contributed by atoms with Crippen molar-refractivity contribution >= 4 is 5.97 Å². The summed E-state index contributed by atoms with van der Waals surface area (Å²) < 4.78 is 4.86. The van der Waals surface area contributed by atoms with Crippen molar-refractivity contribution in [2.45, 2.75) is 25.3 Å². The first-order valence-corrected chi connectivity index (χ1v) is 5.56. The lowest BCUT2D eigenvalue weighted by molar-refractivity contribution is -0.139. The van der Waals surface area contributed by atoms with Crippen LogP contribution in [0.15, 0.2) is 4.52 Å². The predicted octanol–water partition coefficient (Wildman–Crippen LogP) is -0.673. The number of aromatic nitrogens is 2. The molecule has 7 heteroatoms. The van der Waals surface area contributed by atoms with Gasteiger partial charge in [-0.3, -0.25) is 4.79 Å². The number of nitrogens with zero attached hydrogens (tertiary/aromatic N) is 2. The summed E-state index contributed by atoms with van der Waals surface area (Å²) in [5.74, 6) is 0.410. The molecular formula is C10H16N4O3. The molecule has 1 aliphatic rings. The van der Waals surface area contributed by atoms with Gasteiger partial charge in [0.05, 0.1) is 12.0 Å². The Hall–Kier alpha value is -1.47. The van der Waals surface area contributed by atoms with Gasteiger partial charge in [-0.1, -0.05) is 5.16 Å². The molecule has 0 aromatic carbocycles. The molecule has 1 aromatic heterocycles. The molecule has 0 radical (unpaired) electrons. The standard InChI is InChI=1S/C10H16N4O3/c1-7-13-8(14-17-7)2-3-12-10(4-9(15)16)5-11-6-10/h11-12H,2-6H2,1H3,(H,15,16). The maximum Gasteiger partial charge on any atom is 0.305 e. The quantitative estimate of drug-likeness (QED) is 0.606. The molecule has 1 fully saturated rings. The highest BCUT2D eigenvalue weighted by Crippen LogP contribution is 2.15. The largest absolute Gasteiger partial charge is 0.481 e. The number of nitrogens with one attached hydrogen (secondary N) is 2. The van der Waals surface area contributed by atoms with Crippen molar-refractivity contribution in [3.05, 3.63) is 11.7 Å². The van der Waals surface area contributed by atoms with Crippen molar-refractivity contribution < 1.29 is 14.4 Å². The van der Waals surface area contributed by atoms with Crippen molar-refractivity contribution in [3.63, 3.8) is 0 Å². The monoisotopic (exact) mass is 240 g/mol. The summed E-state index contributed by atoms with van der Waals surface area (Å²) in [5.41, 5.74) is -0.315. The number of aliphatic carboxylic acids is 1. The maximum absolute atomic E-state index is 10.7. The fourth-order valence-corrected chi connectivity index (χ4v) is 1.91. The molecule has 1 aromatic rings. The summed E-state index contributed by atoms with van der Waals surface area (Å²) in [6.45, 7) is 3.76. The summed E-state index contributed by atoms with van der Waals surface area (Å²) in [7, 11) is 0. The molecule has 0 amide bonds. The number of carboxylic acids is 1. The van der Waals surface area contributed by atoms with E-state index in [9.17, 15) is 4.79 Å². The Labute approximate surface area is 98.6 Å². The minimum Gasteiger partial charge on any atom is -0.481 e. The number of hydrogen-bond acceptors (Lipinski definition) is 6. The third kappa shape index (κ3) is 3.01. The van der Waals surface area contributed by atoms with Crippen LogP contribution in [0.2, 0.25) is 0 Å². The van der Waals surface area contributed by atoms with Crippen LogP contribution >= 0.6 is 0 Å². The highest BCUT2D eigenvalue weighted by Gasteiger charge is 2.38. The van der Waals surface area contributed by atoms with Crippen LogP contribution in [0.25, 0.3) is 0 Å². The molecule has 0 saturated carbocycles. The Morgan fingerprint density at radius 2 is 2.41 bits per heavy atom. The van der Waals surface area contributed by atoms with E-state index in [2.05, 4.69) is 20.8 Å². The Morgan fingerprint density at radius 3 is 2.88 bits per heavy atom. The van der Waals surface area contributed by atoms with Crippen molar-refractivity contribution in [1.29, 1.82) is 0 Å². The van der Waals surface area contributed by atoms with E-state index in [1.807, 2.05) is 0 Å². The number of aryl methyl sites for hydroxylation is 1. The topological polar surface area (TPSA) is 100 Å². The zero-order valence-corrected chi connectivity index (χ0v) is 9.69. The molecular weight excluding hydrogens is 224 g/mol. The van der Waals surface area contributed by atoms with Crippen LogP contribution in [0.1, 0.15) is 18.1 Å². The smallest absolute Gasteiger partial charge is 0.305 e. The van der Waals surface area contributed by atoms with Crippen LogP contribution < -0.4 is 10.6 Å². The summed E-state index contributed by atoms with van der Waals surface area (Å²) in [6, 6.07) is 0. The van der Waals surface area contributed by atoms with Crippen molar-refractivity contribution in [1.82, 2.24) is 20.8 Å². The third-order valence-electron chi connectivity index (χ3n) is 2.83. The molecule has 2 heterocycles. The lowest BCUT2D eigenvalue weighted by Crippen LogP contribution is -2.68. The van der Waals surface area contributed by atoms with Crippen molar-refractivity contribution in [3.8, 4) is 0 Å². The van der Waals surface area contributed by atoms with E-state index in [0.717, 1.165) is 0 Å². The van der Waals surface area contributed by atoms with Crippen LogP contribution in [-0.4, -0.2) is 46.4 Å². The lowest BCUT2D eigenvalue weighted by Gasteiger charge is -2.42. The van der Waals surface area contributed by atoms with Crippen LogP contribution in [0, 0.1) is 6.92 Å². The molecule has 94 valence electrons. The van der Waals surface area contributed by atoms with E-state index in [1.54, 1.807) is 6.92 Å². The van der Waals surface area contributed by atoms with Gasteiger partial charge in [0.2, 0.25) is 5.89 Å². The van der Waals surface area contributed by atoms with E-state index < -0.39 is 5.97 Å². The molecule has 0 atom stereocenters. The van der Waals surface area contributed by atoms with Gasteiger partial charge < -0.3 is 20.3 Å². The van der Waals surface area contributed by atoms with Gasteiger partial charge in [0.25, 0.3) is 0 Å². The third-order valence-corrected chi connectivity index (χ3v) is 2.83. The average molecular weight is 240 g/mol. The number of hydrogen-bond donors (Lipinski definition) is 3. The van der Waals surface area contributed by atoms with E-state index >= 15 is 0 Å². The van der Waals surface area contributed by atoms with Gasteiger partial charge in [-0.25, -0.2) is 0 Å². The van der Waals surface area contributed by atoms with E-state index in [1.165, 1.54) is 0 Å². The van der Waals surface area contributed by atoms with Gasteiger partial charge in [0.1, 0.15) is 0 Å². The van der Waals surface area contributed by atoms with Gasteiger partial charge in [-0.15, -0.1) is 0 Å². The molecule has 0 aliphatic carbocycles. The van der Waals surface area contributed by atoms with Gasteiger partial charge in [0.15, 0.2) is 5.82 Å². The highest BCUT2D eigenvalue weighted by molar-refractivity contribution is 5.68. The SMILES string of the molecule is Cc1nc(CCNC2(CC(=O)O)CNC2)no1. The number of carbonyl (C=O) groups is 1. The number of carboxylic acid groups (broad SMARTS) is 1. The Kier molecular flexibility index (Phi) is 3.39. The first-order chi connectivity index (χ1) is 8.10. The lowest BCUT2D eigenvalue weighted by atomic mass is 9.88. The Balaban J connectivity index is 1.78. The second-order valence-corrected chi connectivity index (χ2v) is 4.36. The highest BCUT2D eigenvalue weighted by atomic mass is 16.5. The molecule has 17 heavy (non-hydrogen) atoms. The summed E-state index contributed by atoms with van der Waals surface area (Å²) in [4.78, 5) is 14.8. The Morgan fingerprint density at radius 1 is 1.65 bits per heavy atom. The van der Waals surface area contributed by atoms with E-state index in [-0.39, 0.29) is 12.0 Å². The van der Waals surface area contributed by atoms with Gasteiger partial charge in [-0.2, -0.15) is 4.98 Å². The molecule has 2 rings (SSSR count). The molecule has 0 unspecified atom stereocenters.